The second-order valence-corrected chi connectivity index (χ2v) is 9.94. The zero-order valence-electron chi connectivity index (χ0n) is 22.8. The minimum Gasteiger partial charge on any atom is -0.383 e. The summed E-state index contributed by atoms with van der Waals surface area (Å²) in [4.78, 5) is 71.0. The molecule has 1 unspecified atom stereocenters. The molecule has 6 amide bonds. The molecule has 1 heterocycles. The largest absolute Gasteiger partial charge is 0.383 e. The number of amides is 6. The van der Waals surface area contributed by atoms with Crippen LogP contribution in [0.3, 0.4) is 0 Å². The third kappa shape index (κ3) is 4.43. The first-order valence-electron chi connectivity index (χ1n) is 12.8. The van der Waals surface area contributed by atoms with Crippen LogP contribution in [0.5, 0.6) is 0 Å². The Labute approximate surface area is 244 Å². The van der Waals surface area contributed by atoms with Crippen molar-refractivity contribution in [2.45, 2.75) is 17.6 Å². The molecule has 224 valence electrons. The van der Waals surface area contributed by atoms with Gasteiger partial charge >= 0.3 is 6.03 Å². The molecule has 2 atom stereocenters. The van der Waals surface area contributed by atoms with Crippen LogP contribution in [-0.4, -0.2) is 58.8 Å². The summed E-state index contributed by atoms with van der Waals surface area (Å²) in [7, 11) is 1.28. The summed E-state index contributed by atoms with van der Waals surface area (Å²) in [6, 6.07) is 15.9. The van der Waals surface area contributed by atoms with E-state index in [1.54, 1.807) is 24.3 Å². The monoisotopic (exact) mass is 594 g/mol. The summed E-state index contributed by atoms with van der Waals surface area (Å²) in [6.07, 6.45) is -0.620. The first-order chi connectivity index (χ1) is 20.3. The van der Waals surface area contributed by atoms with Gasteiger partial charge in [-0.25, -0.2) is 13.6 Å². The molecule has 0 spiro atoms. The van der Waals surface area contributed by atoms with Crippen LogP contribution >= 0.6 is 0 Å². The molecule has 1 aliphatic heterocycles. The lowest BCUT2D eigenvalue weighted by Gasteiger charge is -2.59. The number of aliphatic hydroxyl groups is 1. The van der Waals surface area contributed by atoms with Crippen LogP contribution < -0.4 is 27.4 Å². The molecule has 3 aromatic carbocycles. The number of carbonyl (C=O) groups excluding carboxylic acids is 5. The SMILES string of the molecule is CN(C(=O)N1CC[C@@](O)(c2ccccc2)C(C(N)=O)(C(N)=O)C1(C(N)=O)C(=O)Nc1ccc(F)c(F)c1)c1ccccc1. The first-order valence-corrected chi connectivity index (χ1v) is 12.8. The van der Waals surface area contributed by atoms with Crippen LogP contribution in [0.25, 0.3) is 0 Å². The Hall–Kier alpha value is -5.37. The number of primary amides is 3. The van der Waals surface area contributed by atoms with E-state index < -0.39 is 76.5 Å². The van der Waals surface area contributed by atoms with Crippen LogP contribution in [0.4, 0.5) is 25.0 Å². The average Bonchev–Trinajstić information content (AvgIpc) is 2.98. The Morgan fingerprint density at radius 3 is 1.91 bits per heavy atom. The molecule has 0 aliphatic carbocycles. The van der Waals surface area contributed by atoms with E-state index in [1.807, 2.05) is 0 Å². The number of carbonyl (C=O) groups is 5. The molecule has 0 aromatic heterocycles. The number of para-hydroxylation sites is 1. The zero-order chi connectivity index (χ0) is 31.7. The van der Waals surface area contributed by atoms with Gasteiger partial charge in [-0.3, -0.25) is 29.0 Å². The van der Waals surface area contributed by atoms with Gasteiger partial charge in [-0.05, 0) is 36.2 Å². The Morgan fingerprint density at radius 2 is 1.40 bits per heavy atom. The fourth-order valence-electron chi connectivity index (χ4n) is 5.79. The van der Waals surface area contributed by atoms with E-state index in [2.05, 4.69) is 5.32 Å². The number of halogens is 2. The van der Waals surface area contributed by atoms with E-state index in [-0.39, 0.29) is 11.3 Å². The Kier molecular flexibility index (Phi) is 7.92. The van der Waals surface area contributed by atoms with Crippen molar-refractivity contribution in [1.29, 1.82) is 0 Å². The van der Waals surface area contributed by atoms with E-state index in [1.165, 1.54) is 43.4 Å². The highest BCUT2D eigenvalue weighted by Crippen LogP contribution is 2.56. The van der Waals surface area contributed by atoms with Crippen molar-refractivity contribution >= 4 is 41.0 Å². The van der Waals surface area contributed by atoms with Crippen molar-refractivity contribution in [1.82, 2.24) is 4.90 Å². The van der Waals surface area contributed by atoms with Gasteiger partial charge in [0, 0.05) is 31.0 Å². The molecule has 0 bridgehead atoms. The summed E-state index contributed by atoms with van der Waals surface area (Å²) in [5.41, 5.74) is 7.44. The van der Waals surface area contributed by atoms with E-state index in [0.717, 1.165) is 11.0 Å². The van der Waals surface area contributed by atoms with Gasteiger partial charge in [-0.15, -0.1) is 0 Å². The molecular formula is C29H28F2N6O6. The lowest BCUT2D eigenvalue weighted by molar-refractivity contribution is -0.205. The number of nitrogens with two attached hydrogens (primary N) is 3. The summed E-state index contributed by atoms with van der Waals surface area (Å²) < 4.78 is 27.8. The number of rotatable bonds is 7. The predicted octanol–water partition coefficient (Wildman–Crippen LogP) is 0.934. The number of hydrogen-bond donors (Lipinski definition) is 5. The lowest BCUT2D eigenvalue weighted by Crippen LogP contribution is -2.86. The van der Waals surface area contributed by atoms with E-state index in [0.29, 0.717) is 17.0 Å². The van der Waals surface area contributed by atoms with Crippen molar-refractivity contribution in [3.8, 4) is 0 Å². The third-order valence-electron chi connectivity index (χ3n) is 7.78. The molecule has 1 fully saturated rings. The normalized spacial score (nSPS) is 21.0. The maximum absolute atomic E-state index is 14.4. The number of piperidine rings is 1. The molecule has 0 radical (unpaired) electrons. The number of likely N-dealkylation sites (tertiary alicyclic amines) is 1. The summed E-state index contributed by atoms with van der Waals surface area (Å²) in [5.74, 6) is -9.61. The smallest absolute Gasteiger partial charge is 0.325 e. The van der Waals surface area contributed by atoms with E-state index >= 15 is 0 Å². The van der Waals surface area contributed by atoms with Gasteiger partial charge in [0.25, 0.3) is 11.8 Å². The van der Waals surface area contributed by atoms with Gasteiger partial charge in [-0.1, -0.05) is 48.5 Å². The number of anilines is 2. The second-order valence-electron chi connectivity index (χ2n) is 9.94. The van der Waals surface area contributed by atoms with Crippen LogP contribution in [-0.2, 0) is 24.8 Å². The van der Waals surface area contributed by atoms with Crippen LogP contribution in [0.2, 0.25) is 0 Å². The fraction of sp³-hybridized carbons (Fsp3) is 0.207. The van der Waals surface area contributed by atoms with E-state index in [9.17, 15) is 37.9 Å². The molecule has 1 saturated heterocycles. The molecule has 8 N–H and O–H groups in total. The van der Waals surface area contributed by atoms with Crippen molar-refractivity contribution < 1.29 is 37.9 Å². The highest BCUT2D eigenvalue weighted by atomic mass is 19.2. The number of benzene rings is 3. The maximum Gasteiger partial charge on any atom is 0.325 e. The van der Waals surface area contributed by atoms with Gasteiger partial charge in [-0.2, -0.15) is 0 Å². The standard InChI is InChI=1S/C29H28F2N6O6/c1-36(19-10-6-3-7-11-19)26(42)37-15-14-27(43,17-8-4-2-5-9-17)28(22(32)38,23(33)39)29(37,24(34)40)25(41)35-18-12-13-20(30)21(31)16-18/h2-13,16,43H,14-15H2,1H3,(H2,32,38)(H2,33,39)(H2,34,40)(H,35,41)/t27-,29?/m1/s1. The Balaban J connectivity index is 2.08. The quantitative estimate of drug-likeness (QED) is 0.252. The molecule has 4 rings (SSSR count). The minimum atomic E-state index is -3.46. The van der Waals surface area contributed by atoms with Crippen molar-refractivity contribution in [2.24, 2.45) is 22.6 Å². The maximum atomic E-state index is 14.4. The van der Waals surface area contributed by atoms with Gasteiger partial charge in [0.1, 0.15) is 5.60 Å². The van der Waals surface area contributed by atoms with Crippen molar-refractivity contribution in [3.63, 3.8) is 0 Å². The third-order valence-corrected chi connectivity index (χ3v) is 7.78. The molecule has 3 aromatic rings. The lowest BCUT2D eigenvalue weighted by atomic mass is 9.51. The van der Waals surface area contributed by atoms with Crippen molar-refractivity contribution in [2.75, 3.05) is 23.8 Å². The Morgan fingerprint density at radius 1 is 0.837 bits per heavy atom. The summed E-state index contributed by atoms with van der Waals surface area (Å²) in [6.45, 7) is -0.641. The van der Waals surface area contributed by atoms with Gasteiger partial charge in [0.05, 0.1) is 0 Å². The van der Waals surface area contributed by atoms with E-state index in [4.69, 9.17) is 17.2 Å². The number of urea groups is 1. The highest BCUT2D eigenvalue weighted by molar-refractivity contribution is 6.26. The molecular weight excluding hydrogens is 566 g/mol. The van der Waals surface area contributed by atoms with Crippen molar-refractivity contribution in [3.05, 3.63) is 96.1 Å². The highest BCUT2D eigenvalue weighted by Gasteiger charge is 2.81. The Bertz CT molecular complexity index is 1590. The van der Waals surface area contributed by atoms with Gasteiger partial charge in [0.2, 0.25) is 22.8 Å². The molecule has 43 heavy (non-hydrogen) atoms. The van der Waals surface area contributed by atoms with Gasteiger partial charge < -0.3 is 27.6 Å². The van der Waals surface area contributed by atoms with Crippen LogP contribution in [0.15, 0.2) is 78.9 Å². The van der Waals surface area contributed by atoms with Crippen LogP contribution in [0.1, 0.15) is 12.0 Å². The number of nitrogens with zero attached hydrogens (tertiary/aromatic N) is 2. The van der Waals surface area contributed by atoms with Gasteiger partial charge in [0.15, 0.2) is 11.6 Å². The minimum absolute atomic E-state index is 0.151. The topological polar surface area (TPSA) is 202 Å². The molecule has 12 nitrogen and oxygen atoms in total. The molecule has 1 aliphatic rings. The summed E-state index contributed by atoms with van der Waals surface area (Å²) >= 11 is 0. The van der Waals surface area contributed by atoms with Crippen LogP contribution in [0, 0.1) is 17.0 Å². The predicted molar refractivity (Wildman–Crippen MR) is 150 cm³/mol. The fourth-order valence-corrected chi connectivity index (χ4v) is 5.79. The molecule has 14 heteroatoms. The summed E-state index contributed by atoms with van der Waals surface area (Å²) in [5, 5.41) is 14.4. The first kappa shape index (κ1) is 30.6. The average molecular weight is 595 g/mol. The number of nitrogens with one attached hydrogen (secondary N) is 1. The second kappa shape index (κ2) is 11.1. The molecule has 0 saturated carbocycles. The zero-order valence-corrected chi connectivity index (χ0v) is 22.8. The number of hydrogen-bond acceptors (Lipinski definition) is 6.